The van der Waals surface area contributed by atoms with Crippen LogP contribution in [0.1, 0.15) is 41.9 Å². The van der Waals surface area contributed by atoms with Crippen LogP contribution in [0.4, 0.5) is 5.82 Å². The van der Waals surface area contributed by atoms with Gasteiger partial charge in [0, 0.05) is 54.6 Å². The van der Waals surface area contributed by atoms with E-state index in [-0.39, 0.29) is 5.56 Å². The zero-order valence-corrected chi connectivity index (χ0v) is 16.1. The Balaban J connectivity index is 1.61. The molecule has 6 nitrogen and oxygen atoms in total. The molecule has 0 aromatic carbocycles. The maximum atomic E-state index is 12.3. The van der Waals surface area contributed by atoms with Gasteiger partial charge in [0.1, 0.15) is 5.82 Å². The van der Waals surface area contributed by atoms with E-state index in [2.05, 4.69) is 30.9 Å². The lowest BCUT2D eigenvalue weighted by Crippen LogP contribution is -2.47. The Morgan fingerprint density at radius 2 is 2.04 bits per heavy atom. The van der Waals surface area contributed by atoms with Crippen LogP contribution in [0.2, 0.25) is 0 Å². The van der Waals surface area contributed by atoms with Crippen LogP contribution in [-0.2, 0) is 13.0 Å². The van der Waals surface area contributed by atoms with Gasteiger partial charge in [0.15, 0.2) is 5.65 Å². The summed E-state index contributed by atoms with van der Waals surface area (Å²) in [5.74, 6) is 2.01. The third kappa shape index (κ3) is 2.50. The highest BCUT2D eigenvalue weighted by atomic mass is 16.1. The van der Waals surface area contributed by atoms with Gasteiger partial charge in [-0.15, -0.1) is 0 Å². The van der Waals surface area contributed by atoms with Crippen molar-refractivity contribution >= 4 is 11.5 Å². The van der Waals surface area contributed by atoms with Gasteiger partial charge in [-0.2, -0.15) is 9.61 Å². The molecule has 2 bridgehead atoms. The minimum atomic E-state index is 0.133. The van der Waals surface area contributed by atoms with E-state index in [1.807, 2.05) is 22.1 Å². The molecule has 140 valence electrons. The maximum Gasteiger partial charge on any atom is 0.250 e. The Morgan fingerprint density at radius 3 is 2.85 bits per heavy atom. The molecule has 2 atom stereocenters. The van der Waals surface area contributed by atoms with Crippen LogP contribution >= 0.6 is 0 Å². The number of pyridine rings is 1. The van der Waals surface area contributed by atoms with E-state index < -0.39 is 0 Å². The molecule has 3 aromatic heterocycles. The zero-order valence-electron chi connectivity index (χ0n) is 16.1. The number of hydrogen-bond donors (Lipinski definition) is 0. The van der Waals surface area contributed by atoms with Gasteiger partial charge < -0.3 is 9.47 Å². The predicted octanol–water partition coefficient (Wildman–Crippen LogP) is 2.69. The summed E-state index contributed by atoms with van der Waals surface area (Å²) in [4.78, 5) is 19.5. The molecule has 27 heavy (non-hydrogen) atoms. The molecule has 0 N–H and O–H groups in total. The Kier molecular flexibility index (Phi) is 3.64. The van der Waals surface area contributed by atoms with Crippen molar-refractivity contribution in [2.24, 2.45) is 5.92 Å². The van der Waals surface area contributed by atoms with Gasteiger partial charge in [0.2, 0.25) is 0 Å². The van der Waals surface area contributed by atoms with Gasteiger partial charge in [0.05, 0.1) is 5.69 Å². The van der Waals surface area contributed by atoms with E-state index in [0.717, 1.165) is 60.9 Å². The molecule has 5 heterocycles. The van der Waals surface area contributed by atoms with Gasteiger partial charge in [-0.05, 0) is 38.7 Å². The van der Waals surface area contributed by atoms with Crippen molar-refractivity contribution in [1.82, 2.24) is 19.2 Å². The smallest absolute Gasteiger partial charge is 0.250 e. The number of hydrogen-bond acceptors (Lipinski definition) is 4. The van der Waals surface area contributed by atoms with Gasteiger partial charge >= 0.3 is 0 Å². The molecule has 0 saturated carbocycles. The van der Waals surface area contributed by atoms with Crippen molar-refractivity contribution < 1.29 is 0 Å². The summed E-state index contributed by atoms with van der Waals surface area (Å²) < 4.78 is 4.00. The summed E-state index contributed by atoms with van der Waals surface area (Å²) in [5.41, 5.74) is 5.57. The van der Waals surface area contributed by atoms with Crippen molar-refractivity contribution in [2.45, 2.75) is 46.1 Å². The van der Waals surface area contributed by atoms with E-state index in [9.17, 15) is 4.79 Å². The number of aromatic nitrogens is 4. The molecule has 2 aliphatic heterocycles. The molecule has 0 amide bonds. The summed E-state index contributed by atoms with van der Waals surface area (Å²) >= 11 is 0. The van der Waals surface area contributed by atoms with Crippen molar-refractivity contribution in [3.8, 4) is 0 Å². The van der Waals surface area contributed by atoms with Crippen LogP contribution in [0, 0.1) is 19.8 Å². The van der Waals surface area contributed by atoms with Crippen LogP contribution < -0.4 is 10.5 Å². The third-order valence-corrected chi connectivity index (χ3v) is 6.26. The van der Waals surface area contributed by atoms with Crippen molar-refractivity contribution in [3.05, 3.63) is 57.3 Å². The lowest BCUT2D eigenvalue weighted by molar-refractivity contribution is 0.280. The number of piperidine rings is 1. The predicted molar refractivity (Wildman–Crippen MR) is 106 cm³/mol. The van der Waals surface area contributed by atoms with Gasteiger partial charge in [-0.1, -0.05) is 13.0 Å². The number of nitrogens with zero attached hydrogens (tertiary/aromatic N) is 5. The quantitative estimate of drug-likeness (QED) is 0.702. The molecular weight excluding hydrogens is 338 g/mol. The monoisotopic (exact) mass is 363 g/mol. The summed E-state index contributed by atoms with van der Waals surface area (Å²) in [6, 6.07) is 7.89. The standard InChI is InChI=1S/C21H25N5O/c1-4-17-9-19(26-21(22-17)13(2)14(3)23-26)24-10-15-8-16(12-24)18-6-5-7-20(27)25(18)11-15/h5-7,9,15-16H,4,8,10-12H2,1-3H3. The van der Waals surface area contributed by atoms with E-state index in [1.54, 1.807) is 6.07 Å². The second-order valence-electron chi connectivity index (χ2n) is 8.01. The fraction of sp³-hybridized carbons (Fsp3) is 0.476. The molecular formula is C21H25N5O. The lowest BCUT2D eigenvalue weighted by atomic mass is 9.83. The zero-order chi connectivity index (χ0) is 18.7. The summed E-state index contributed by atoms with van der Waals surface area (Å²) in [7, 11) is 0. The second-order valence-corrected chi connectivity index (χ2v) is 8.01. The van der Waals surface area contributed by atoms with E-state index in [4.69, 9.17) is 10.1 Å². The van der Waals surface area contributed by atoms with Crippen LogP contribution in [0.5, 0.6) is 0 Å². The van der Waals surface area contributed by atoms with Crippen molar-refractivity contribution in [1.29, 1.82) is 0 Å². The SMILES string of the molecule is CCc1cc(N2CC3CC(C2)c2cccc(=O)n2C3)n2nc(C)c(C)c2n1. The first-order valence-corrected chi connectivity index (χ1v) is 9.85. The third-order valence-electron chi connectivity index (χ3n) is 6.26. The molecule has 2 aliphatic rings. The molecule has 0 spiro atoms. The lowest BCUT2D eigenvalue weighted by Gasteiger charge is -2.43. The minimum Gasteiger partial charge on any atom is -0.355 e. The van der Waals surface area contributed by atoms with Crippen LogP contribution in [0.15, 0.2) is 29.1 Å². The fourth-order valence-corrected chi connectivity index (χ4v) is 4.75. The molecule has 2 unspecified atom stereocenters. The second kappa shape index (κ2) is 5.94. The Morgan fingerprint density at radius 1 is 1.19 bits per heavy atom. The Bertz CT molecular complexity index is 1100. The number of rotatable bonds is 2. The first-order valence-electron chi connectivity index (χ1n) is 9.85. The fourth-order valence-electron chi connectivity index (χ4n) is 4.75. The molecule has 0 radical (unpaired) electrons. The van der Waals surface area contributed by atoms with E-state index in [0.29, 0.717) is 11.8 Å². The van der Waals surface area contributed by atoms with Crippen LogP contribution in [0.3, 0.4) is 0 Å². The molecule has 1 saturated heterocycles. The summed E-state index contributed by atoms with van der Waals surface area (Å²) in [6.45, 7) is 8.98. The topological polar surface area (TPSA) is 55.4 Å². The average Bonchev–Trinajstić information content (AvgIpc) is 2.96. The van der Waals surface area contributed by atoms with Gasteiger partial charge in [-0.3, -0.25) is 4.79 Å². The molecule has 3 aromatic rings. The molecule has 1 fully saturated rings. The molecule has 0 aliphatic carbocycles. The van der Waals surface area contributed by atoms with Crippen molar-refractivity contribution in [2.75, 3.05) is 18.0 Å². The summed E-state index contributed by atoms with van der Waals surface area (Å²) in [5, 5.41) is 4.77. The number of anilines is 1. The number of fused-ring (bicyclic) bond motifs is 5. The highest BCUT2D eigenvalue weighted by molar-refractivity contribution is 5.57. The maximum absolute atomic E-state index is 12.3. The van der Waals surface area contributed by atoms with Crippen LogP contribution in [0.25, 0.3) is 5.65 Å². The van der Waals surface area contributed by atoms with Crippen LogP contribution in [-0.4, -0.2) is 32.3 Å². The first-order chi connectivity index (χ1) is 13.0. The minimum absolute atomic E-state index is 0.133. The highest BCUT2D eigenvalue weighted by Crippen LogP contribution is 2.37. The Hall–Kier alpha value is -2.63. The van der Waals surface area contributed by atoms with E-state index in [1.165, 1.54) is 5.69 Å². The largest absolute Gasteiger partial charge is 0.355 e. The Labute approximate surface area is 158 Å². The first kappa shape index (κ1) is 16.5. The van der Waals surface area contributed by atoms with E-state index >= 15 is 0 Å². The highest BCUT2D eigenvalue weighted by Gasteiger charge is 2.35. The number of aryl methyl sites for hydroxylation is 3. The molecule has 6 heteroatoms. The van der Waals surface area contributed by atoms with Gasteiger partial charge in [-0.25, -0.2) is 4.98 Å². The normalized spacial score (nSPS) is 21.5. The molecule has 5 rings (SSSR count). The average molecular weight is 363 g/mol. The van der Waals surface area contributed by atoms with Crippen molar-refractivity contribution in [3.63, 3.8) is 0 Å². The van der Waals surface area contributed by atoms with Gasteiger partial charge in [0.25, 0.3) is 5.56 Å². The summed E-state index contributed by atoms with van der Waals surface area (Å²) in [6.07, 6.45) is 2.07.